The van der Waals surface area contributed by atoms with Crippen molar-refractivity contribution in [3.05, 3.63) is 70.8 Å². The molecule has 0 unspecified atom stereocenters. The maximum absolute atomic E-state index is 11.8. The number of hydrogen-bond acceptors (Lipinski definition) is 2. The quantitative estimate of drug-likeness (QED) is 0.816. The third-order valence-electron chi connectivity index (χ3n) is 2.97. The lowest BCUT2D eigenvalue weighted by Crippen LogP contribution is -2.20. The Balaban J connectivity index is 1.87. The highest BCUT2D eigenvalue weighted by Crippen LogP contribution is 2.13. The topological polar surface area (TPSA) is 38.3 Å². The SMILES string of the molecule is CCOc1cccc(CNC(=O)/C=C/c2ccc(Cl)cc2)c1. The molecule has 0 atom stereocenters. The number of carbonyl (C=O) groups excluding carboxylic acids is 1. The van der Waals surface area contributed by atoms with E-state index in [1.165, 1.54) is 6.08 Å². The monoisotopic (exact) mass is 315 g/mol. The molecule has 2 rings (SSSR count). The first kappa shape index (κ1) is 16.1. The van der Waals surface area contributed by atoms with Crippen molar-refractivity contribution in [3.63, 3.8) is 0 Å². The maximum Gasteiger partial charge on any atom is 0.244 e. The first-order valence-electron chi connectivity index (χ1n) is 7.10. The van der Waals surface area contributed by atoms with Gasteiger partial charge < -0.3 is 10.1 Å². The summed E-state index contributed by atoms with van der Waals surface area (Å²) in [6.45, 7) is 3.03. The zero-order chi connectivity index (χ0) is 15.8. The van der Waals surface area contributed by atoms with Gasteiger partial charge in [-0.05, 0) is 48.4 Å². The predicted molar refractivity (Wildman–Crippen MR) is 89.9 cm³/mol. The van der Waals surface area contributed by atoms with Gasteiger partial charge in [0.25, 0.3) is 0 Å². The molecule has 3 nitrogen and oxygen atoms in total. The fourth-order valence-electron chi connectivity index (χ4n) is 1.91. The van der Waals surface area contributed by atoms with Crippen molar-refractivity contribution in [2.24, 2.45) is 0 Å². The highest BCUT2D eigenvalue weighted by Gasteiger charge is 1.99. The standard InChI is InChI=1S/C18H18ClNO2/c1-2-22-17-5-3-4-15(12-17)13-20-18(21)11-8-14-6-9-16(19)10-7-14/h3-12H,2,13H2,1H3,(H,20,21)/b11-8+. The van der Waals surface area contributed by atoms with Crippen molar-refractivity contribution in [3.8, 4) is 5.75 Å². The number of benzene rings is 2. The normalized spacial score (nSPS) is 10.6. The van der Waals surface area contributed by atoms with Gasteiger partial charge in [0, 0.05) is 17.6 Å². The fourth-order valence-corrected chi connectivity index (χ4v) is 2.03. The summed E-state index contributed by atoms with van der Waals surface area (Å²) in [5.41, 5.74) is 1.93. The Morgan fingerprint density at radius 2 is 2.00 bits per heavy atom. The third-order valence-corrected chi connectivity index (χ3v) is 3.23. The first-order valence-corrected chi connectivity index (χ1v) is 7.48. The molecule has 0 heterocycles. The van der Waals surface area contributed by atoms with Crippen LogP contribution in [-0.2, 0) is 11.3 Å². The lowest BCUT2D eigenvalue weighted by molar-refractivity contribution is -0.116. The Hall–Kier alpha value is -2.26. The average molecular weight is 316 g/mol. The van der Waals surface area contributed by atoms with E-state index in [-0.39, 0.29) is 5.91 Å². The van der Waals surface area contributed by atoms with Crippen LogP contribution >= 0.6 is 11.6 Å². The molecular weight excluding hydrogens is 298 g/mol. The molecule has 0 aromatic heterocycles. The minimum absolute atomic E-state index is 0.142. The van der Waals surface area contributed by atoms with Gasteiger partial charge in [0.1, 0.15) is 5.75 Å². The number of rotatable bonds is 6. The maximum atomic E-state index is 11.8. The highest BCUT2D eigenvalue weighted by molar-refractivity contribution is 6.30. The second-order valence-electron chi connectivity index (χ2n) is 4.68. The van der Waals surface area contributed by atoms with Gasteiger partial charge in [-0.2, -0.15) is 0 Å². The van der Waals surface area contributed by atoms with Crippen LogP contribution in [0.1, 0.15) is 18.1 Å². The second-order valence-corrected chi connectivity index (χ2v) is 5.12. The van der Waals surface area contributed by atoms with Crippen LogP contribution in [0, 0.1) is 0 Å². The Morgan fingerprint density at radius 3 is 2.73 bits per heavy atom. The molecule has 0 saturated carbocycles. The number of ether oxygens (including phenoxy) is 1. The number of carbonyl (C=O) groups is 1. The number of amides is 1. The molecule has 2 aromatic rings. The zero-order valence-corrected chi connectivity index (χ0v) is 13.1. The van der Waals surface area contributed by atoms with E-state index >= 15 is 0 Å². The smallest absolute Gasteiger partial charge is 0.244 e. The van der Waals surface area contributed by atoms with Crippen LogP contribution in [0.3, 0.4) is 0 Å². The van der Waals surface area contributed by atoms with Crippen molar-refractivity contribution < 1.29 is 9.53 Å². The van der Waals surface area contributed by atoms with Gasteiger partial charge in [-0.3, -0.25) is 4.79 Å². The number of halogens is 1. The summed E-state index contributed by atoms with van der Waals surface area (Å²) in [5, 5.41) is 3.52. The third kappa shape index (κ3) is 5.26. The second kappa shape index (κ2) is 8.25. The van der Waals surface area contributed by atoms with E-state index in [0.717, 1.165) is 16.9 Å². The molecule has 1 N–H and O–H groups in total. The molecule has 0 spiro atoms. The van der Waals surface area contributed by atoms with Crippen molar-refractivity contribution in [1.82, 2.24) is 5.32 Å². The molecule has 1 amide bonds. The summed E-state index contributed by atoms with van der Waals surface area (Å²) in [6, 6.07) is 15.0. The minimum Gasteiger partial charge on any atom is -0.494 e. The van der Waals surface area contributed by atoms with Crippen LogP contribution in [-0.4, -0.2) is 12.5 Å². The van der Waals surface area contributed by atoms with Gasteiger partial charge in [0.2, 0.25) is 5.91 Å². The van der Waals surface area contributed by atoms with Crippen molar-refractivity contribution in [2.75, 3.05) is 6.61 Å². The average Bonchev–Trinajstić information content (AvgIpc) is 2.53. The van der Waals surface area contributed by atoms with Crippen LogP contribution in [0.2, 0.25) is 5.02 Å². The molecule has 0 aliphatic heterocycles. The Labute approximate surface area is 135 Å². The molecular formula is C18H18ClNO2. The predicted octanol–water partition coefficient (Wildman–Crippen LogP) is 4.07. The van der Waals surface area contributed by atoms with E-state index in [0.29, 0.717) is 18.2 Å². The minimum atomic E-state index is -0.142. The van der Waals surface area contributed by atoms with Crippen LogP contribution in [0.15, 0.2) is 54.6 Å². The van der Waals surface area contributed by atoms with E-state index in [2.05, 4.69) is 5.32 Å². The molecule has 0 aliphatic rings. The van der Waals surface area contributed by atoms with Gasteiger partial charge in [0.05, 0.1) is 6.61 Å². The molecule has 2 aromatic carbocycles. The summed E-state index contributed by atoms with van der Waals surface area (Å²) < 4.78 is 5.43. The van der Waals surface area contributed by atoms with E-state index < -0.39 is 0 Å². The van der Waals surface area contributed by atoms with Gasteiger partial charge in [-0.15, -0.1) is 0 Å². The zero-order valence-electron chi connectivity index (χ0n) is 12.4. The summed E-state index contributed by atoms with van der Waals surface area (Å²) in [7, 11) is 0. The number of nitrogens with one attached hydrogen (secondary N) is 1. The molecule has 0 bridgehead atoms. The van der Waals surface area contributed by atoms with E-state index in [1.807, 2.05) is 43.3 Å². The summed E-state index contributed by atoms with van der Waals surface area (Å²) in [5.74, 6) is 0.669. The summed E-state index contributed by atoms with van der Waals surface area (Å²) in [4.78, 5) is 11.8. The molecule has 0 fully saturated rings. The Bertz CT molecular complexity index is 650. The van der Waals surface area contributed by atoms with Crippen LogP contribution in [0.25, 0.3) is 6.08 Å². The lowest BCUT2D eigenvalue weighted by Gasteiger charge is -2.06. The fraction of sp³-hybridized carbons (Fsp3) is 0.167. The largest absolute Gasteiger partial charge is 0.494 e. The molecule has 22 heavy (non-hydrogen) atoms. The van der Waals surface area contributed by atoms with Crippen molar-refractivity contribution in [2.45, 2.75) is 13.5 Å². The number of hydrogen-bond donors (Lipinski definition) is 1. The van der Waals surface area contributed by atoms with Gasteiger partial charge in [0.15, 0.2) is 0 Å². The highest BCUT2D eigenvalue weighted by atomic mass is 35.5. The van der Waals surface area contributed by atoms with Crippen LogP contribution in [0.5, 0.6) is 5.75 Å². The van der Waals surface area contributed by atoms with E-state index in [4.69, 9.17) is 16.3 Å². The van der Waals surface area contributed by atoms with Gasteiger partial charge in [-0.25, -0.2) is 0 Å². The van der Waals surface area contributed by atoms with Gasteiger partial charge in [-0.1, -0.05) is 35.9 Å². The Morgan fingerprint density at radius 1 is 1.23 bits per heavy atom. The molecule has 0 saturated heterocycles. The lowest BCUT2D eigenvalue weighted by atomic mass is 10.2. The Kier molecular flexibility index (Phi) is 6.04. The van der Waals surface area contributed by atoms with Crippen molar-refractivity contribution in [1.29, 1.82) is 0 Å². The summed E-state index contributed by atoms with van der Waals surface area (Å²) in [6.07, 6.45) is 3.26. The van der Waals surface area contributed by atoms with Crippen LogP contribution in [0.4, 0.5) is 0 Å². The summed E-state index contributed by atoms with van der Waals surface area (Å²) >= 11 is 5.81. The van der Waals surface area contributed by atoms with E-state index in [9.17, 15) is 4.79 Å². The van der Waals surface area contributed by atoms with Crippen LogP contribution < -0.4 is 10.1 Å². The molecule has 114 valence electrons. The van der Waals surface area contributed by atoms with Gasteiger partial charge >= 0.3 is 0 Å². The first-order chi connectivity index (χ1) is 10.7. The van der Waals surface area contributed by atoms with Crippen molar-refractivity contribution >= 4 is 23.6 Å². The molecule has 0 radical (unpaired) electrons. The van der Waals surface area contributed by atoms with E-state index in [1.54, 1.807) is 18.2 Å². The molecule has 0 aliphatic carbocycles. The molecule has 4 heteroatoms.